The van der Waals surface area contributed by atoms with Crippen molar-refractivity contribution < 1.29 is 19.1 Å². The maximum atomic E-state index is 12.3. The standard InChI is InChI=1S/C25H34O4/c1-4-6-8-10-16-23(26)28-22-18-19(3)25(21-15-13-12-14-20(21)22)29-24(27)17-11-9-7-5-2/h12-15,18H,4-11,16-17H2,1-3H3. The van der Waals surface area contributed by atoms with Gasteiger partial charge in [-0.05, 0) is 31.4 Å². The molecule has 2 rings (SSSR count). The zero-order valence-corrected chi connectivity index (χ0v) is 18.1. The van der Waals surface area contributed by atoms with E-state index in [2.05, 4.69) is 13.8 Å². The van der Waals surface area contributed by atoms with E-state index in [0.717, 1.165) is 67.7 Å². The van der Waals surface area contributed by atoms with Gasteiger partial charge in [0.25, 0.3) is 0 Å². The van der Waals surface area contributed by atoms with Crippen LogP contribution >= 0.6 is 0 Å². The van der Waals surface area contributed by atoms with E-state index in [9.17, 15) is 9.59 Å². The van der Waals surface area contributed by atoms with Gasteiger partial charge < -0.3 is 9.47 Å². The van der Waals surface area contributed by atoms with Gasteiger partial charge in [-0.2, -0.15) is 0 Å². The highest BCUT2D eigenvalue weighted by Gasteiger charge is 2.16. The predicted molar refractivity (Wildman–Crippen MR) is 117 cm³/mol. The third kappa shape index (κ3) is 7.19. The number of esters is 2. The first-order chi connectivity index (χ1) is 14.1. The monoisotopic (exact) mass is 398 g/mol. The molecular formula is C25H34O4. The lowest BCUT2D eigenvalue weighted by atomic mass is 10.0. The van der Waals surface area contributed by atoms with Crippen molar-refractivity contribution in [1.82, 2.24) is 0 Å². The molecule has 0 atom stereocenters. The topological polar surface area (TPSA) is 52.6 Å². The van der Waals surface area contributed by atoms with Crippen LogP contribution in [0.15, 0.2) is 30.3 Å². The van der Waals surface area contributed by atoms with E-state index in [1.54, 1.807) is 6.07 Å². The quantitative estimate of drug-likeness (QED) is 0.222. The van der Waals surface area contributed by atoms with Crippen molar-refractivity contribution in [3.05, 3.63) is 35.9 Å². The first-order valence-corrected chi connectivity index (χ1v) is 11.0. The molecule has 0 aliphatic heterocycles. The van der Waals surface area contributed by atoms with E-state index in [1.807, 2.05) is 31.2 Å². The number of carbonyl (C=O) groups is 2. The van der Waals surface area contributed by atoms with Crippen molar-refractivity contribution >= 4 is 22.7 Å². The van der Waals surface area contributed by atoms with E-state index in [-0.39, 0.29) is 11.9 Å². The molecule has 2 aromatic carbocycles. The SMILES string of the molecule is CCCCCCC(=O)Oc1cc(C)c(OC(=O)CCCCCC)c2ccccc12. The van der Waals surface area contributed by atoms with Crippen LogP contribution in [0.25, 0.3) is 10.8 Å². The molecule has 0 saturated carbocycles. The summed E-state index contributed by atoms with van der Waals surface area (Å²) in [5.74, 6) is 0.659. The molecule has 0 fully saturated rings. The van der Waals surface area contributed by atoms with Crippen LogP contribution in [0.5, 0.6) is 11.5 Å². The van der Waals surface area contributed by atoms with E-state index in [1.165, 1.54) is 0 Å². The molecule has 4 heteroatoms. The van der Waals surface area contributed by atoms with E-state index in [0.29, 0.717) is 24.3 Å². The molecule has 0 saturated heterocycles. The molecule has 158 valence electrons. The third-order valence-corrected chi connectivity index (χ3v) is 5.05. The molecule has 0 amide bonds. The molecule has 2 aromatic rings. The number of unbranched alkanes of at least 4 members (excludes halogenated alkanes) is 6. The Balaban J connectivity index is 2.12. The Morgan fingerprint density at radius 1 is 0.759 bits per heavy atom. The lowest BCUT2D eigenvalue weighted by molar-refractivity contribution is -0.135. The van der Waals surface area contributed by atoms with Crippen LogP contribution in [0.2, 0.25) is 0 Å². The number of carbonyl (C=O) groups excluding carboxylic acids is 2. The molecule has 0 aliphatic carbocycles. The van der Waals surface area contributed by atoms with Gasteiger partial charge >= 0.3 is 11.9 Å². The van der Waals surface area contributed by atoms with Gasteiger partial charge in [-0.1, -0.05) is 76.6 Å². The molecule has 0 heterocycles. The molecule has 29 heavy (non-hydrogen) atoms. The fourth-order valence-corrected chi connectivity index (χ4v) is 3.40. The molecule has 4 nitrogen and oxygen atoms in total. The second-order valence-electron chi connectivity index (χ2n) is 7.64. The number of hydrogen-bond donors (Lipinski definition) is 0. The molecule has 0 aromatic heterocycles. The van der Waals surface area contributed by atoms with Crippen molar-refractivity contribution in [3.63, 3.8) is 0 Å². The summed E-state index contributed by atoms with van der Waals surface area (Å²) in [6, 6.07) is 9.39. The highest BCUT2D eigenvalue weighted by molar-refractivity contribution is 5.97. The van der Waals surface area contributed by atoms with Crippen LogP contribution in [0.3, 0.4) is 0 Å². The number of aryl methyl sites for hydroxylation is 1. The Labute approximate surface area is 174 Å². The summed E-state index contributed by atoms with van der Waals surface area (Å²) in [6.07, 6.45) is 9.15. The van der Waals surface area contributed by atoms with Gasteiger partial charge in [0.1, 0.15) is 11.5 Å². The van der Waals surface area contributed by atoms with E-state index in [4.69, 9.17) is 9.47 Å². The average Bonchev–Trinajstić information content (AvgIpc) is 2.71. The summed E-state index contributed by atoms with van der Waals surface area (Å²) in [5.41, 5.74) is 0.791. The Morgan fingerprint density at radius 2 is 1.31 bits per heavy atom. The molecule has 0 aliphatic rings. The Morgan fingerprint density at radius 3 is 1.90 bits per heavy atom. The van der Waals surface area contributed by atoms with Gasteiger partial charge in [-0.15, -0.1) is 0 Å². The minimum absolute atomic E-state index is 0.213. The van der Waals surface area contributed by atoms with Gasteiger partial charge in [-0.3, -0.25) is 9.59 Å². The van der Waals surface area contributed by atoms with Gasteiger partial charge in [0.15, 0.2) is 0 Å². The molecular weight excluding hydrogens is 364 g/mol. The molecule has 0 radical (unpaired) electrons. The van der Waals surface area contributed by atoms with Crippen LogP contribution in [0.4, 0.5) is 0 Å². The Hall–Kier alpha value is -2.36. The van der Waals surface area contributed by atoms with Crippen LogP contribution in [-0.2, 0) is 9.59 Å². The number of hydrogen-bond acceptors (Lipinski definition) is 4. The normalized spacial score (nSPS) is 10.9. The molecule has 0 N–H and O–H groups in total. The van der Waals surface area contributed by atoms with Crippen molar-refractivity contribution in [3.8, 4) is 11.5 Å². The second kappa shape index (κ2) is 12.3. The Bertz CT molecular complexity index is 810. The Kier molecular flexibility index (Phi) is 9.69. The molecule has 0 unspecified atom stereocenters. The second-order valence-corrected chi connectivity index (χ2v) is 7.64. The largest absolute Gasteiger partial charge is 0.426 e. The van der Waals surface area contributed by atoms with Crippen LogP contribution in [0.1, 0.15) is 83.6 Å². The summed E-state index contributed by atoms with van der Waals surface area (Å²) in [6.45, 7) is 6.17. The van der Waals surface area contributed by atoms with Gasteiger partial charge in [-0.25, -0.2) is 0 Å². The van der Waals surface area contributed by atoms with Crippen molar-refractivity contribution in [1.29, 1.82) is 0 Å². The number of rotatable bonds is 12. The summed E-state index contributed by atoms with van der Waals surface area (Å²) in [5, 5.41) is 1.58. The molecule has 0 bridgehead atoms. The van der Waals surface area contributed by atoms with E-state index < -0.39 is 0 Å². The number of fused-ring (bicyclic) bond motifs is 1. The first kappa shape index (κ1) is 22.9. The van der Waals surface area contributed by atoms with Crippen LogP contribution < -0.4 is 9.47 Å². The average molecular weight is 399 g/mol. The maximum Gasteiger partial charge on any atom is 0.311 e. The highest BCUT2D eigenvalue weighted by Crippen LogP contribution is 2.37. The minimum Gasteiger partial charge on any atom is -0.426 e. The van der Waals surface area contributed by atoms with Crippen molar-refractivity contribution in [2.24, 2.45) is 0 Å². The minimum atomic E-state index is -0.216. The van der Waals surface area contributed by atoms with E-state index >= 15 is 0 Å². The lowest BCUT2D eigenvalue weighted by Gasteiger charge is -2.14. The number of ether oxygens (including phenoxy) is 2. The summed E-state index contributed by atoms with van der Waals surface area (Å²) < 4.78 is 11.4. The first-order valence-electron chi connectivity index (χ1n) is 11.0. The van der Waals surface area contributed by atoms with Gasteiger partial charge in [0.05, 0.1) is 0 Å². The maximum absolute atomic E-state index is 12.3. The van der Waals surface area contributed by atoms with Gasteiger partial charge in [0.2, 0.25) is 0 Å². The van der Waals surface area contributed by atoms with Crippen LogP contribution in [-0.4, -0.2) is 11.9 Å². The summed E-state index contributed by atoms with van der Waals surface area (Å²) >= 11 is 0. The highest BCUT2D eigenvalue weighted by atomic mass is 16.5. The third-order valence-electron chi connectivity index (χ3n) is 5.05. The summed E-state index contributed by atoms with van der Waals surface area (Å²) in [7, 11) is 0. The van der Waals surface area contributed by atoms with Crippen LogP contribution in [0, 0.1) is 6.92 Å². The van der Waals surface area contributed by atoms with Gasteiger partial charge in [0, 0.05) is 23.6 Å². The van der Waals surface area contributed by atoms with Crippen molar-refractivity contribution in [2.45, 2.75) is 85.0 Å². The lowest BCUT2D eigenvalue weighted by Crippen LogP contribution is -2.11. The fraction of sp³-hybridized carbons (Fsp3) is 0.520. The predicted octanol–water partition coefficient (Wildman–Crippen LogP) is 6.90. The zero-order chi connectivity index (χ0) is 21.1. The zero-order valence-electron chi connectivity index (χ0n) is 18.1. The fourth-order valence-electron chi connectivity index (χ4n) is 3.40. The summed E-state index contributed by atoms with van der Waals surface area (Å²) in [4.78, 5) is 24.6. The number of benzene rings is 2. The van der Waals surface area contributed by atoms with Crippen molar-refractivity contribution in [2.75, 3.05) is 0 Å². The smallest absolute Gasteiger partial charge is 0.311 e. The molecule has 0 spiro atoms.